The molecule has 1 rings (SSSR count). The molecule has 0 atom stereocenters. The first-order chi connectivity index (χ1) is 9.31. The molecule has 0 spiro atoms. The maximum absolute atomic E-state index is 13.5. The number of benzene rings is 1. The van der Waals surface area contributed by atoms with Crippen LogP contribution >= 0.6 is 0 Å². The Bertz CT molecular complexity index is 521. The van der Waals surface area contributed by atoms with E-state index in [4.69, 9.17) is 5.11 Å². The lowest BCUT2D eigenvalue weighted by molar-refractivity contribution is -0.137. The number of carboxylic acids is 1. The van der Waals surface area contributed by atoms with Crippen LogP contribution in [0.1, 0.15) is 18.4 Å². The normalized spacial score (nSPS) is 10.2. The highest BCUT2D eigenvalue weighted by Crippen LogP contribution is 2.19. The molecular weight excluding hydrogens is 270 g/mol. The fourth-order valence-corrected chi connectivity index (χ4v) is 1.52. The molecule has 0 saturated heterocycles. The minimum Gasteiger partial charge on any atom is -0.481 e. The van der Waals surface area contributed by atoms with Gasteiger partial charge in [-0.3, -0.25) is 4.79 Å². The van der Waals surface area contributed by atoms with Crippen LogP contribution in [0.3, 0.4) is 0 Å². The maximum atomic E-state index is 13.5. The predicted molar refractivity (Wildman–Crippen MR) is 69.6 cm³/mol. The first kappa shape index (κ1) is 15.9. The number of aliphatic carboxylic acids is 1. The Morgan fingerprint density at radius 2 is 1.95 bits per heavy atom. The van der Waals surface area contributed by atoms with Crippen molar-refractivity contribution in [3.05, 3.63) is 29.3 Å². The van der Waals surface area contributed by atoms with Gasteiger partial charge in [0.2, 0.25) is 0 Å². The molecule has 0 saturated carbocycles. The van der Waals surface area contributed by atoms with Crippen molar-refractivity contribution in [3.8, 4) is 0 Å². The Morgan fingerprint density at radius 1 is 1.30 bits per heavy atom. The van der Waals surface area contributed by atoms with Crippen LogP contribution in [0, 0.1) is 18.6 Å². The number of carbonyl (C=O) groups excluding carboxylic acids is 1. The number of halogens is 2. The highest BCUT2D eigenvalue weighted by atomic mass is 19.1. The van der Waals surface area contributed by atoms with Gasteiger partial charge in [-0.25, -0.2) is 13.6 Å². The molecule has 0 aliphatic carbocycles. The number of nitrogens with zero attached hydrogens (tertiary/aromatic N) is 1. The van der Waals surface area contributed by atoms with Crippen LogP contribution in [0.5, 0.6) is 0 Å². The molecule has 0 heterocycles. The minimum atomic E-state index is -0.953. The lowest BCUT2D eigenvalue weighted by Gasteiger charge is -2.18. The lowest BCUT2D eigenvalue weighted by atomic mass is 10.2. The highest BCUT2D eigenvalue weighted by Gasteiger charge is 2.13. The summed E-state index contributed by atoms with van der Waals surface area (Å²) in [4.78, 5) is 23.3. The van der Waals surface area contributed by atoms with Crippen LogP contribution in [-0.2, 0) is 4.79 Å². The largest absolute Gasteiger partial charge is 0.481 e. The second kappa shape index (κ2) is 6.83. The fourth-order valence-electron chi connectivity index (χ4n) is 1.52. The topological polar surface area (TPSA) is 69.6 Å². The number of amides is 2. The number of nitrogens with one attached hydrogen (secondary N) is 1. The Kier molecular flexibility index (Phi) is 5.42. The first-order valence-corrected chi connectivity index (χ1v) is 6.01. The second-order valence-electron chi connectivity index (χ2n) is 4.43. The second-order valence-corrected chi connectivity index (χ2v) is 4.43. The molecule has 0 bridgehead atoms. The Labute approximate surface area is 115 Å². The van der Waals surface area contributed by atoms with E-state index in [1.807, 2.05) is 0 Å². The maximum Gasteiger partial charge on any atom is 0.321 e. The SMILES string of the molecule is Cc1cc(F)c(NC(=O)N(C)CCCC(=O)O)cc1F. The van der Waals surface area contributed by atoms with E-state index >= 15 is 0 Å². The van der Waals surface area contributed by atoms with E-state index in [0.29, 0.717) is 0 Å². The number of urea groups is 1. The van der Waals surface area contributed by atoms with Gasteiger partial charge < -0.3 is 15.3 Å². The van der Waals surface area contributed by atoms with Gasteiger partial charge in [0.05, 0.1) is 5.69 Å². The van der Waals surface area contributed by atoms with E-state index in [0.717, 1.165) is 12.1 Å². The van der Waals surface area contributed by atoms with Crippen molar-refractivity contribution in [2.45, 2.75) is 19.8 Å². The number of aryl methyl sites for hydroxylation is 1. The Morgan fingerprint density at radius 3 is 2.55 bits per heavy atom. The molecule has 7 heteroatoms. The van der Waals surface area contributed by atoms with E-state index in [2.05, 4.69) is 5.32 Å². The van der Waals surface area contributed by atoms with Crippen LogP contribution in [0.25, 0.3) is 0 Å². The molecular formula is C13H16F2N2O3. The Balaban J connectivity index is 2.61. The molecule has 0 fully saturated rings. The zero-order valence-electron chi connectivity index (χ0n) is 11.2. The molecule has 2 amide bonds. The average molecular weight is 286 g/mol. The van der Waals surface area contributed by atoms with Crippen molar-refractivity contribution < 1.29 is 23.5 Å². The summed E-state index contributed by atoms with van der Waals surface area (Å²) in [6.45, 7) is 1.62. The van der Waals surface area contributed by atoms with Crippen LogP contribution in [0.2, 0.25) is 0 Å². The van der Waals surface area contributed by atoms with Crippen LogP contribution in [-0.4, -0.2) is 35.6 Å². The number of carbonyl (C=O) groups is 2. The number of rotatable bonds is 5. The van der Waals surface area contributed by atoms with E-state index in [-0.39, 0.29) is 30.6 Å². The summed E-state index contributed by atoms with van der Waals surface area (Å²) in [5, 5.41) is 10.7. The minimum absolute atomic E-state index is 0.0643. The molecule has 0 aromatic heterocycles. The molecule has 2 N–H and O–H groups in total. The molecule has 0 aliphatic heterocycles. The summed E-state index contributed by atoms with van der Waals surface area (Å²) in [5.74, 6) is -2.29. The summed E-state index contributed by atoms with van der Waals surface area (Å²) in [6, 6.07) is 1.28. The number of anilines is 1. The summed E-state index contributed by atoms with van der Waals surface area (Å²) in [7, 11) is 1.44. The smallest absolute Gasteiger partial charge is 0.321 e. The van der Waals surface area contributed by atoms with E-state index in [1.165, 1.54) is 18.9 Å². The lowest BCUT2D eigenvalue weighted by Crippen LogP contribution is -2.32. The van der Waals surface area contributed by atoms with Crippen LogP contribution < -0.4 is 5.32 Å². The molecule has 0 radical (unpaired) electrons. The van der Waals surface area contributed by atoms with Gasteiger partial charge >= 0.3 is 12.0 Å². The van der Waals surface area contributed by atoms with Gasteiger partial charge in [-0.1, -0.05) is 0 Å². The van der Waals surface area contributed by atoms with Crippen molar-refractivity contribution in [1.29, 1.82) is 0 Å². The van der Waals surface area contributed by atoms with Crippen molar-refractivity contribution in [2.24, 2.45) is 0 Å². The standard InChI is InChI=1S/C13H16F2N2O3/c1-8-6-10(15)11(7-9(8)14)16-13(20)17(2)5-3-4-12(18)19/h6-7H,3-5H2,1-2H3,(H,16,20)(H,18,19). The first-order valence-electron chi connectivity index (χ1n) is 6.01. The highest BCUT2D eigenvalue weighted by molar-refractivity contribution is 5.89. The van der Waals surface area contributed by atoms with Crippen molar-refractivity contribution in [3.63, 3.8) is 0 Å². The van der Waals surface area contributed by atoms with Crippen LogP contribution in [0.4, 0.5) is 19.3 Å². The molecule has 110 valence electrons. The predicted octanol–water partition coefficient (Wildman–Crippen LogP) is 2.60. The van der Waals surface area contributed by atoms with Gasteiger partial charge in [-0.2, -0.15) is 0 Å². The van der Waals surface area contributed by atoms with Gasteiger partial charge in [0, 0.05) is 26.1 Å². The van der Waals surface area contributed by atoms with Gasteiger partial charge in [-0.15, -0.1) is 0 Å². The summed E-state index contributed by atoms with van der Waals surface area (Å²) < 4.78 is 26.8. The molecule has 20 heavy (non-hydrogen) atoms. The summed E-state index contributed by atoms with van der Waals surface area (Å²) in [6.07, 6.45) is 0.217. The summed E-state index contributed by atoms with van der Waals surface area (Å²) >= 11 is 0. The molecule has 1 aromatic rings. The van der Waals surface area contributed by atoms with Gasteiger partial charge in [-0.05, 0) is 25.0 Å². The molecule has 1 aromatic carbocycles. The zero-order chi connectivity index (χ0) is 15.3. The third-order valence-corrected chi connectivity index (χ3v) is 2.72. The number of hydrogen-bond acceptors (Lipinski definition) is 2. The van der Waals surface area contributed by atoms with Crippen LogP contribution in [0.15, 0.2) is 12.1 Å². The van der Waals surface area contributed by atoms with E-state index in [1.54, 1.807) is 0 Å². The molecule has 5 nitrogen and oxygen atoms in total. The van der Waals surface area contributed by atoms with Crippen molar-refractivity contribution in [2.75, 3.05) is 18.9 Å². The van der Waals surface area contributed by atoms with Gasteiger partial charge in [0.1, 0.15) is 11.6 Å². The van der Waals surface area contributed by atoms with Gasteiger partial charge in [0.15, 0.2) is 0 Å². The Hall–Kier alpha value is -2.18. The number of hydrogen-bond donors (Lipinski definition) is 2. The average Bonchev–Trinajstić information content (AvgIpc) is 2.35. The van der Waals surface area contributed by atoms with E-state index < -0.39 is 23.6 Å². The monoisotopic (exact) mass is 286 g/mol. The zero-order valence-corrected chi connectivity index (χ0v) is 11.2. The van der Waals surface area contributed by atoms with E-state index in [9.17, 15) is 18.4 Å². The quantitative estimate of drug-likeness (QED) is 0.874. The summed E-state index contributed by atoms with van der Waals surface area (Å²) in [5.41, 5.74) is -0.0986. The molecule has 0 aliphatic rings. The van der Waals surface area contributed by atoms with Gasteiger partial charge in [0.25, 0.3) is 0 Å². The van der Waals surface area contributed by atoms with Crippen molar-refractivity contribution >= 4 is 17.7 Å². The molecule has 0 unspecified atom stereocenters. The third-order valence-electron chi connectivity index (χ3n) is 2.72. The third kappa shape index (κ3) is 4.49. The van der Waals surface area contributed by atoms with Crippen molar-refractivity contribution in [1.82, 2.24) is 4.90 Å². The number of carboxylic acid groups (broad SMARTS) is 1. The fraction of sp³-hybridized carbons (Fsp3) is 0.385.